The van der Waals surface area contributed by atoms with Gasteiger partial charge in [-0.1, -0.05) is 17.7 Å². The van der Waals surface area contributed by atoms with Crippen molar-refractivity contribution in [3.8, 4) is 5.75 Å². The number of carbonyl (C=O) groups excluding carboxylic acids is 1. The van der Waals surface area contributed by atoms with Crippen LogP contribution >= 0.6 is 11.6 Å². The average molecular weight is 253 g/mol. The standard InChI is InChI=1S/C10H8ClF3O2/c11-9-6-8(16-10(12,13)14)4-3-7(9)2-1-5-15/h3-6H,1-2H2. The monoisotopic (exact) mass is 252 g/mol. The number of ether oxygens (including phenoxy) is 1. The molecule has 0 saturated carbocycles. The maximum absolute atomic E-state index is 11.9. The molecule has 0 N–H and O–H groups in total. The molecule has 0 atom stereocenters. The van der Waals surface area contributed by atoms with Crippen LogP contribution in [0, 0.1) is 0 Å². The summed E-state index contributed by atoms with van der Waals surface area (Å²) in [6.07, 6.45) is -3.34. The van der Waals surface area contributed by atoms with Crippen molar-refractivity contribution in [1.29, 1.82) is 0 Å². The van der Waals surface area contributed by atoms with Crippen LogP contribution in [0.3, 0.4) is 0 Å². The van der Waals surface area contributed by atoms with Gasteiger partial charge in [0.2, 0.25) is 0 Å². The Kier molecular flexibility index (Phi) is 4.18. The summed E-state index contributed by atoms with van der Waals surface area (Å²) in [5.74, 6) is -0.368. The first kappa shape index (κ1) is 12.8. The quantitative estimate of drug-likeness (QED) is 0.768. The molecule has 1 rings (SSSR count). The topological polar surface area (TPSA) is 26.3 Å². The maximum atomic E-state index is 11.9. The normalized spacial score (nSPS) is 11.2. The second-order valence-electron chi connectivity index (χ2n) is 3.01. The third kappa shape index (κ3) is 4.10. The minimum Gasteiger partial charge on any atom is -0.406 e. The highest BCUT2D eigenvalue weighted by molar-refractivity contribution is 6.31. The van der Waals surface area contributed by atoms with Crippen molar-refractivity contribution in [2.75, 3.05) is 0 Å². The van der Waals surface area contributed by atoms with E-state index in [0.29, 0.717) is 12.0 Å². The van der Waals surface area contributed by atoms with Gasteiger partial charge in [0.1, 0.15) is 12.0 Å². The van der Waals surface area contributed by atoms with Gasteiger partial charge in [-0.15, -0.1) is 13.2 Å². The second kappa shape index (κ2) is 5.21. The summed E-state index contributed by atoms with van der Waals surface area (Å²) in [6, 6.07) is 3.65. The van der Waals surface area contributed by atoms with Crippen molar-refractivity contribution >= 4 is 17.9 Å². The van der Waals surface area contributed by atoms with Crippen molar-refractivity contribution < 1.29 is 22.7 Å². The molecule has 0 aliphatic carbocycles. The number of benzene rings is 1. The van der Waals surface area contributed by atoms with Crippen molar-refractivity contribution in [2.45, 2.75) is 19.2 Å². The highest BCUT2D eigenvalue weighted by atomic mass is 35.5. The van der Waals surface area contributed by atoms with Crippen LogP contribution < -0.4 is 4.74 Å². The number of aldehydes is 1. The van der Waals surface area contributed by atoms with Crippen LogP contribution in [0.25, 0.3) is 0 Å². The van der Waals surface area contributed by atoms with Crippen LogP contribution in [-0.2, 0) is 11.2 Å². The minimum atomic E-state index is -4.73. The second-order valence-corrected chi connectivity index (χ2v) is 3.41. The lowest BCUT2D eigenvalue weighted by molar-refractivity contribution is -0.274. The molecule has 0 amide bonds. The molecular weight excluding hydrogens is 245 g/mol. The van der Waals surface area contributed by atoms with E-state index in [1.165, 1.54) is 12.1 Å². The highest BCUT2D eigenvalue weighted by Gasteiger charge is 2.31. The van der Waals surface area contributed by atoms with Gasteiger partial charge < -0.3 is 9.53 Å². The molecule has 0 aliphatic rings. The summed E-state index contributed by atoms with van der Waals surface area (Å²) in [6.45, 7) is 0. The SMILES string of the molecule is O=CCCc1ccc(OC(F)(F)F)cc1Cl. The Labute approximate surface area is 95.0 Å². The van der Waals surface area contributed by atoms with Crippen molar-refractivity contribution in [1.82, 2.24) is 0 Å². The fourth-order valence-electron chi connectivity index (χ4n) is 1.14. The van der Waals surface area contributed by atoms with E-state index in [-0.39, 0.29) is 17.2 Å². The summed E-state index contributed by atoms with van der Waals surface area (Å²) >= 11 is 5.73. The first-order valence-corrected chi connectivity index (χ1v) is 4.78. The number of halogens is 4. The van der Waals surface area contributed by atoms with Gasteiger partial charge in [0, 0.05) is 11.4 Å². The van der Waals surface area contributed by atoms with E-state index < -0.39 is 6.36 Å². The van der Waals surface area contributed by atoms with E-state index in [1.54, 1.807) is 0 Å². The molecule has 16 heavy (non-hydrogen) atoms. The van der Waals surface area contributed by atoms with Crippen LogP contribution in [0.1, 0.15) is 12.0 Å². The molecule has 0 aromatic heterocycles. The van der Waals surface area contributed by atoms with Gasteiger partial charge in [0.25, 0.3) is 0 Å². The van der Waals surface area contributed by atoms with E-state index in [0.717, 1.165) is 12.4 Å². The number of carbonyl (C=O) groups is 1. The zero-order chi connectivity index (χ0) is 12.2. The lowest BCUT2D eigenvalue weighted by atomic mass is 10.1. The molecule has 0 saturated heterocycles. The molecule has 0 bridgehead atoms. The Morgan fingerprint density at radius 3 is 2.56 bits per heavy atom. The molecule has 0 unspecified atom stereocenters. The summed E-state index contributed by atoms with van der Waals surface area (Å²) in [5, 5.41) is 0.156. The molecule has 88 valence electrons. The number of rotatable bonds is 4. The van der Waals surface area contributed by atoms with Gasteiger partial charge in [-0.2, -0.15) is 0 Å². The first-order valence-electron chi connectivity index (χ1n) is 4.40. The van der Waals surface area contributed by atoms with Crippen molar-refractivity contribution in [3.05, 3.63) is 28.8 Å². The molecule has 0 radical (unpaired) electrons. The Hall–Kier alpha value is -1.23. The Morgan fingerprint density at radius 1 is 1.38 bits per heavy atom. The molecular formula is C10H8ClF3O2. The molecule has 0 aliphatic heterocycles. The van der Waals surface area contributed by atoms with Gasteiger partial charge in [-0.25, -0.2) is 0 Å². The predicted molar refractivity (Wildman–Crippen MR) is 52.5 cm³/mol. The predicted octanol–water partition coefficient (Wildman–Crippen LogP) is 3.37. The van der Waals surface area contributed by atoms with E-state index in [2.05, 4.69) is 4.74 Å². The fourth-order valence-corrected chi connectivity index (χ4v) is 1.41. The van der Waals surface area contributed by atoms with Gasteiger partial charge in [0.15, 0.2) is 0 Å². The van der Waals surface area contributed by atoms with Crippen LogP contribution in [0.4, 0.5) is 13.2 Å². The summed E-state index contributed by atoms with van der Waals surface area (Å²) < 4.78 is 39.3. The van der Waals surface area contributed by atoms with Gasteiger partial charge in [0.05, 0.1) is 0 Å². The summed E-state index contributed by atoms with van der Waals surface area (Å²) in [7, 11) is 0. The number of aryl methyl sites for hydroxylation is 1. The third-order valence-electron chi connectivity index (χ3n) is 1.79. The maximum Gasteiger partial charge on any atom is 0.573 e. The van der Waals surface area contributed by atoms with E-state index in [4.69, 9.17) is 11.6 Å². The highest BCUT2D eigenvalue weighted by Crippen LogP contribution is 2.27. The number of hydrogen-bond acceptors (Lipinski definition) is 2. The lowest BCUT2D eigenvalue weighted by Gasteiger charge is -2.10. The average Bonchev–Trinajstić information content (AvgIpc) is 2.14. The van der Waals surface area contributed by atoms with Gasteiger partial charge in [-0.05, 0) is 24.1 Å². The van der Waals surface area contributed by atoms with Gasteiger partial charge >= 0.3 is 6.36 Å². The van der Waals surface area contributed by atoms with Crippen LogP contribution in [0.5, 0.6) is 5.75 Å². The molecule has 0 fully saturated rings. The lowest BCUT2D eigenvalue weighted by Crippen LogP contribution is -2.17. The Balaban J connectivity index is 2.78. The van der Waals surface area contributed by atoms with Crippen molar-refractivity contribution in [3.63, 3.8) is 0 Å². The van der Waals surface area contributed by atoms with Crippen molar-refractivity contribution in [2.24, 2.45) is 0 Å². The fraction of sp³-hybridized carbons (Fsp3) is 0.300. The Bertz CT molecular complexity index is 377. The third-order valence-corrected chi connectivity index (χ3v) is 2.14. The first-order chi connectivity index (χ1) is 7.42. The van der Waals surface area contributed by atoms with E-state index in [9.17, 15) is 18.0 Å². The molecule has 6 heteroatoms. The smallest absolute Gasteiger partial charge is 0.406 e. The van der Waals surface area contributed by atoms with E-state index >= 15 is 0 Å². The van der Waals surface area contributed by atoms with E-state index in [1.807, 2.05) is 0 Å². The Morgan fingerprint density at radius 2 is 2.06 bits per heavy atom. The molecule has 1 aromatic rings. The molecule has 1 aromatic carbocycles. The zero-order valence-electron chi connectivity index (χ0n) is 8.05. The van der Waals surface area contributed by atoms with Crippen LogP contribution in [-0.4, -0.2) is 12.6 Å². The minimum absolute atomic E-state index is 0.156. The zero-order valence-corrected chi connectivity index (χ0v) is 8.81. The molecule has 0 heterocycles. The van der Waals surface area contributed by atoms with Crippen LogP contribution in [0.2, 0.25) is 5.02 Å². The van der Waals surface area contributed by atoms with Gasteiger partial charge in [-0.3, -0.25) is 0 Å². The summed E-state index contributed by atoms with van der Waals surface area (Å²) in [5.41, 5.74) is 0.614. The number of hydrogen-bond donors (Lipinski definition) is 0. The molecule has 0 spiro atoms. The summed E-state index contributed by atoms with van der Waals surface area (Å²) in [4.78, 5) is 10.1. The van der Waals surface area contributed by atoms with Crippen LogP contribution in [0.15, 0.2) is 18.2 Å². The molecule has 2 nitrogen and oxygen atoms in total. The largest absolute Gasteiger partial charge is 0.573 e. The number of alkyl halides is 3.